The van der Waals surface area contributed by atoms with E-state index in [-0.39, 0.29) is 30.4 Å². The molecule has 1 aromatic rings. The Hall–Kier alpha value is -3.14. The minimum absolute atomic E-state index is 0.00361. The van der Waals surface area contributed by atoms with E-state index < -0.39 is 47.9 Å². The van der Waals surface area contributed by atoms with Gasteiger partial charge in [-0.15, -0.1) is 0 Å². The molecule has 0 spiro atoms. The van der Waals surface area contributed by atoms with Crippen molar-refractivity contribution < 1.29 is 29.4 Å². The van der Waals surface area contributed by atoms with Gasteiger partial charge in [-0.05, 0) is 42.9 Å². The maximum atomic E-state index is 13.1. The highest BCUT2D eigenvalue weighted by molar-refractivity contribution is 5.94. The highest BCUT2D eigenvalue weighted by Gasteiger charge is 2.32. The molecule has 5 unspecified atom stereocenters. The summed E-state index contributed by atoms with van der Waals surface area (Å²) in [6.45, 7) is 8.95. The average Bonchev–Trinajstić information content (AvgIpc) is 2.76. The van der Waals surface area contributed by atoms with E-state index in [9.17, 15) is 29.4 Å². The number of amides is 3. The van der Waals surface area contributed by atoms with Crippen LogP contribution in [0, 0.1) is 11.8 Å². The van der Waals surface area contributed by atoms with Gasteiger partial charge in [0.05, 0.1) is 6.04 Å². The smallest absolute Gasteiger partial charge is 0.326 e. The highest BCUT2D eigenvalue weighted by atomic mass is 16.4. The largest absolute Gasteiger partial charge is 0.508 e. The summed E-state index contributed by atoms with van der Waals surface area (Å²) >= 11 is 0. The van der Waals surface area contributed by atoms with Gasteiger partial charge in [0, 0.05) is 6.42 Å². The molecule has 0 radical (unpaired) electrons. The van der Waals surface area contributed by atoms with Crippen molar-refractivity contribution in [3.63, 3.8) is 0 Å². The second kappa shape index (κ2) is 13.5. The van der Waals surface area contributed by atoms with E-state index in [2.05, 4.69) is 16.0 Å². The second-order valence-corrected chi connectivity index (χ2v) is 9.12. The number of hydrogen-bond acceptors (Lipinski definition) is 6. The molecule has 0 aromatic heterocycles. The zero-order chi connectivity index (χ0) is 26.0. The van der Waals surface area contributed by atoms with Gasteiger partial charge in [-0.25, -0.2) is 4.79 Å². The minimum Gasteiger partial charge on any atom is -0.508 e. The number of aliphatic carboxylic acids is 1. The molecule has 10 heteroatoms. The summed E-state index contributed by atoms with van der Waals surface area (Å²) in [5.41, 5.74) is 6.23. The predicted molar refractivity (Wildman–Crippen MR) is 128 cm³/mol. The van der Waals surface area contributed by atoms with Crippen molar-refractivity contribution in [2.45, 2.75) is 78.0 Å². The van der Waals surface area contributed by atoms with Crippen LogP contribution in [0.4, 0.5) is 0 Å². The van der Waals surface area contributed by atoms with Crippen molar-refractivity contribution in [2.24, 2.45) is 17.6 Å². The van der Waals surface area contributed by atoms with E-state index in [4.69, 9.17) is 5.73 Å². The van der Waals surface area contributed by atoms with Crippen LogP contribution in [0.1, 0.15) is 53.0 Å². The molecular weight excluding hydrogens is 440 g/mol. The van der Waals surface area contributed by atoms with Crippen molar-refractivity contribution in [3.8, 4) is 5.75 Å². The summed E-state index contributed by atoms with van der Waals surface area (Å²) in [4.78, 5) is 50.0. The lowest BCUT2D eigenvalue weighted by Crippen LogP contribution is -2.58. The number of aromatic hydroxyl groups is 1. The maximum Gasteiger partial charge on any atom is 0.326 e. The summed E-state index contributed by atoms with van der Waals surface area (Å²) < 4.78 is 0. The van der Waals surface area contributed by atoms with Crippen LogP contribution in [0.15, 0.2) is 24.3 Å². The molecule has 34 heavy (non-hydrogen) atoms. The molecule has 0 saturated carbocycles. The van der Waals surface area contributed by atoms with E-state index in [0.717, 1.165) is 0 Å². The molecule has 1 aromatic carbocycles. The van der Waals surface area contributed by atoms with Gasteiger partial charge in [0.15, 0.2) is 0 Å². The van der Waals surface area contributed by atoms with Crippen LogP contribution in [0.25, 0.3) is 0 Å². The molecule has 3 amide bonds. The Balaban J connectivity index is 3.02. The van der Waals surface area contributed by atoms with Crippen molar-refractivity contribution in [1.29, 1.82) is 0 Å². The fourth-order valence-corrected chi connectivity index (χ4v) is 3.29. The molecule has 0 bridgehead atoms. The third kappa shape index (κ3) is 9.38. The molecule has 190 valence electrons. The number of phenols is 1. The van der Waals surface area contributed by atoms with Gasteiger partial charge in [0.1, 0.15) is 23.9 Å². The quantitative estimate of drug-likeness (QED) is 0.245. The number of hydrogen-bond donors (Lipinski definition) is 6. The van der Waals surface area contributed by atoms with Gasteiger partial charge in [-0.2, -0.15) is 0 Å². The van der Waals surface area contributed by atoms with Crippen molar-refractivity contribution in [2.75, 3.05) is 0 Å². The first kappa shape index (κ1) is 28.9. The summed E-state index contributed by atoms with van der Waals surface area (Å²) in [5.74, 6) is -3.01. The van der Waals surface area contributed by atoms with E-state index in [1.54, 1.807) is 19.1 Å². The number of carboxylic acid groups (broad SMARTS) is 1. The van der Waals surface area contributed by atoms with Crippen LogP contribution in [-0.4, -0.2) is 58.1 Å². The SMILES string of the molecule is CCC(C)C(NC(=O)C(C)N)C(=O)NC(CC(C)C)C(=O)NC(Cc1ccc(O)cc1)C(=O)O. The second-order valence-electron chi connectivity index (χ2n) is 9.12. The van der Waals surface area contributed by atoms with E-state index in [1.807, 2.05) is 20.8 Å². The maximum absolute atomic E-state index is 13.1. The first-order chi connectivity index (χ1) is 15.8. The van der Waals surface area contributed by atoms with E-state index in [1.165, 1.54) is 19.1 Å². The predicted octanol–water partition coefficient (Wildman–Crippen LogP) is 0.913. The first-order valence-electron chi connectivity index (χ1n) is 11.5. The van der Waals surface area contributed by atoms with Crippen LogP contribution < -0.4 is 21.7 Å². The number of carbonyl (C=O) groups is 4. The monoisotopic (exact) mass is 478 g/mol. The Bertz CT molecular complexity index is 840. The molecular formula is C24H38N4O6. The average molecular weight is 479 g/mol. The van der Waals surface area contributed by atoms with Crippen LogP contribution in [-0.2, 0) is 25.6 Å². The Labute approximate surface area is 200 Å². The normalized spacial score (nSPS) is 15.5. The lowest BCUT2D eigenvalue weighted by Gasteiger charge is -2.28. The lowest BCUT2D eigenvalue weighted by atomic mass is 9.96. The summed E-state index contributed by atoms with van der Waals surface area (Å²) in [5, 5.41) is 26.9. The molecule has 0 heterocycles. The van der Waals surface area contributed by atoms with Crippen LogP contribution in [0.2, 0.25) is 0 Å². The topological polar surface area (TPSA) is 171 Å². The van der Waals surface area contributed by atoms with E-state index in [0.29, 0.717) is 12.0 Å². The van der Waals surface area contributed by atoms with Crippen molar-refractivity contribution >= 4 is 23.7 Å². The minimum atomic E-state index is -1.23. The van der Waals surface area contributed by atoms with Crippen molar-refractivity contribution in [1.82, 2.24) is 16.0 Å². The van der Waals surface area contributed by atoms with Crippen molar-refractivity contribution in [3.05, 3.63) is 29.8 Å². The zero-order valence-corrected chi connectivity index (χ0v) is 20.5. The molecule has 0 aliphatic carbocycles. The Kier molecular flexibility index (Phi) is 11.5. The number of nitrogens with two attached hydrogens (primary N) is 1. The van der Waals surface area contributed by atoms with E-state index >= 15 is 0 Å². The summed E-state index contributed by atoms with van der Waals surface area (Å²) in [7, 11) is 0. The Morgan fingerprint density at radius 3 is 1.91 bits per heavy atom. The van der Waals surface area contributed by atoms with Crippen LogP contribution >= 0.6 is 0 Å². The third-order valence-electron chi connectivity index (χ3n) is 5.54. The fraction of sp³-hybridized carbons (Fsp3) is 0.583. The number of rotatable bonds is 13. The van der Waals surface area contributed by atoms with Gasteiger partial charge in [-0.1, -0.05) is 46.2 Å². The van der Waals surface area contributed by atoms with Gasteiger partial charge >= 0.3 is 5.97 Å². The molecule has 5 atom stereocenters. The number of carbonyl (C=O) groups excluding carboxylic acids is 3. The molecule has 10 nitrogen and oxygen atoms in total. The number of nitrogens with one attached hydrogen (secondary N) is 3. The van der Waals surface area contributed by atoms with Gasteiger partial charge in [0.25, 0.3) is 0 Å². The lowest BCUT2D eigenvalue weighted by molar-refractivity contribution is -0.142. The number of benzene rings is 1. The standard InChI is InChI=1S/C24H38N4O6/c1-6-14(4)20(28-21(30)15(5)25)23(32)26-18(11-13(2)3)22(31)27-19(24(33)34)12-16-7-9-17(29)10-8-16/h7-10,13-15,18-20,29H,6,11-12,25H2,1-5H3,(H,26,32)(H,27,31)(H,28,30)(H,33,34). The van der Waals surface area contributed by atoms with Crippen LogP contribution in [0.3, 0.4) is 0 Å². The highest BCUT2D eigenvalue weighted by Crippen LogP contribution is 2.13. The third-order valence-corrected chi connectivity index (χ3v) is 5.54. The first-order valence-corrected chi connectivity index (χ1v) is 11.5. The molecule has 0 fully saturated rings. The molecule has 1 rings (SSSR count). The Morgan fingerprint density at radius 2 is 1.44 bits per heavy atom. The van der Waals surface area contributed by atoms with Gasteiger partial charge < -0.3 is 31.9 Å². The summed E-state index contributed by atoms with van der Waals surface area (Å²) in [6.07, 6.45) is 0.882. The number of carboxylic acids is 1. The molecule has 0 aliphatic heterocycles. The molecule has 0 saturated heterocycles. The van der Waals surface area contributed by atoms with Gasteiger partial charge in [0.2, 0.25) is 17.7 Å². The molecule has 0 aliphatic rings. The fourth-order valence-electron chi connectivity index (χ4n) is 3.29. The van der Waals surface area contributed by atoms with Crippen LogP contribution in [0.5, 0.6) is 5.75 Å². The van der Waals surface area contributed by atoms with Gasteiger partial charge in [-0.3, -0.25) is 14.4 Å². The zero-order valence-electron chi connectivity index (χ0n) is 20.5. The molecule has 7 N–H and O–H groups in total. The number of phenolic OH excluding ortho intramolecular Hbond substituents is 1. The summed E-state index contributed by atoms with van der Waals surface area (Å²) in [6, 6.07) is 2.10. The Morgan fingerprint density at radius 1 is 0.882 bits per heavy atom.